The minimum Gasteiger partial charge on any atom is -0.467 e. The number of hydrogen-bond donors (Lipinski definition) is 1. The van der Waals surface area contributed by atoms with Crippen LogP contribution in [0.4, 0.5) is 18.9 Å². The molecule has 1 amide bonds. The van der Waals surface area contributed by atoms with Gasteiger partial charge in [-0.2, -0.15) is 23.0 Å². The Morgan fingerprint density at radius 1 is 1.14 bits per heavy atom. The van der Waals surface area contributed by atoms with Crippen molar-refractivity contribution in [3.05, 3.63) is 70.4 Å². The van der Waals surface area contributed by atoms with Gasteiger partial charge in [0, 0.05) is 11.8 Å². The molecular weight excluding hydrogens is 407 g/mol. The molecule has 0 saturated heterocycles. The number of alkyl halides is 3. The second kappa shape index (κ2) is 8.16. The van der Waals surface area contributed by atoms with Crippen molar-refractivity contribution in [2.75, 3.05) is 11.9 Å². The maximum Gasteiger partial charge on any atom is 0.435 e. The highest BCUT2D eigenvalue weighted by molar-refractivity contribution is 6.32. The zero-order valence-corrected chi connectivity index (χ0v) is 16.3. The van der Waals surface area contributed by atoms with E-state index in [4.69, 9.17) is 16.3 Å². The fraction of sp³-hybridized carbons (Fsp3) is 0.200. The van der Waals surface area contributed by atoms with Crippen LogP contribution >= 0.6 is 11.6 Å². The Morgan fingerprint density at radius 3 is 2.52 bits per heavy atom. The Kier molecular flexibility index (Phi) is 5.83. The van der Waals surface area contributed by atoms with Crippen molar-refractivity contribution in [2.45, 2.75) is 20.0 Å². The maximum absolute atomic E-state index is 13.1. The normalized spacial score (nSPS) is 11.4. The first kappa shape index (κ1) is 20.7. The van der Waals surface area contributed by atoms with Crippen molar-refractivity contribution in [3.8, 4) is 11.6 Å². The Hall–Kier alpha value is -3.00. The largest absolute Gasteiger partial charge is 0.467 e. The van der Waals surface area contributed by atoms with E-state index in [9.17, 15) is 18.0 Å². The molecule has 3 rings (SSSR count). The highest BCUT2D eigenvalue weighted by atomic mass is 35.5. The number of amides is 1. The molecule has 9 heteroatoms. The molecule has 0 unspecified atom stereocenters. The van der Waals surface area contributed by atoms with Crippen LogP contribution in [-0.4, -0.2) is 22.3 Å². The first-order valence-electron chi connectivity index (χ1n) is 8.57. The first-order valence-corrected chi connectivity index (χ1v) is 8.95. The zero-order valence-electron chi connectivity index (χ0n) is 15.5. The van der Waals surface area contributed by atoms with E-state index in [2.05, 4.69) is 10.4 Å². The zero-order chi connectivity index (χ0) is 21.2. The van der Waals surface area contributed by atoms with E-state index >= 15 is 0 Å². The van der Waals surface area contributed by atoms with Crippen LogP contribution in [0.5, 0.6) is 5.88 Å². The van der Waals surface area contributed by atoms with Crippen LogP contribution in [0, 0.1) is 13.8 Å². The highest BCUT2D eigenvalue weighted by Crippen LogP contribution is 2.33. The van der Waals surface area contributed by atoms with E-state index in [1.807, 2.05) is 19.9 Å². The average Bonchev–Trinajstić information content (AvgIpc) is 3.08. The molecule has 0 fully saturated rings. The van der Waals surface area contributed by atoms with Crippen molar-refractivity contribution in [1.29, 1.82) is 0 Å². The van der Waals surface area contributed by atoms with Gasteiger partial charge in [0.15, 0.2) is 12.3 Å². The van der Waals surface area contributed by atoms with E-state index in [1.54, 1.807) is 24.3 Å². The number of ether oxygens (including phenoxy) is 1. The number of anilines is 1. The number of aromatic nitrogens is 2. The molecule has 0 atom stereocenters. The summed E-state index contributed by atoms with van der Waals surface area (Å²) in [7, 11) is 0. The lowest BCUT2D eigenvalue weighted by atomic mass is 10.1. The number of carbonyl (C=O) groups excluding carboxylic acids is 1. The third-order valence-electron chi connectivity index (χ3n) is 4.19. The average molecular weight is 424 g/mol. The van der Waals surface area contributed by atoms with Gasteiger partial charge in [0.1, 0.15) is 0 Å². The number of nitrogens with zero attached hydrogens (tertiary/aromatic N) is 2. The van der Waals surface area contributed by atoms with E-state index in [-0.39, 0.29) is 16.6 Å². The SMILES string of the molecule is Cc1ccc(NC(=O)COc2cc(C(F)(F)F)nn2-c2ccccc2Cl)cc1C. The number of hydrogen-bond acceptors (Lipinski definition) is 3. The van der Waals surface area contributed by atoms with Crippen molar-refractivity contribution in [3.63, 3.8) is 0 Å². The molecule has 0 aliphatic heterocycles. The molecule has 152 valence electrons. The van der Waals surface area contributed by atoms with Crippen LogP contribution < -0.4 is 10.1 Å². The number of carbonyl (C=O) groups is 1. The summed E-state index contributed by atoms with van der Waals surface area (Å²) in [5.74, 6) is -0.769. The van der Waals surface area contributed by atoms with Crippen LogP contribution in [0.1, 0.15) is 16.8 Å². The molecule has 0 bridgehead atoms. The molecule has 1 N–H and O–H groups in total. The monoisotopic (exact) mass is 423 g/mol. The summed E-state index contributed by atoms with van der Waals surface area (Å²) in [6.07, 6.45) is -4.67. The third kappa shape index (κ3) is 4.89. The van der Waals surface area contributed by atoms with E-state index < -0.39 is 24.4 Å². The lowest BCUT2D eigenvalue weighted by Gasteiger charge is -2.11. The summed E-state index contributed by atoms with van der Waals surface area (Å²) < 4.78 is 45.6. The van der Waals surface area contributed by atoms with Crippen LogP contribution in [0.25, 0.3) is 5.69 Å². The minimum absolute atomic E-state index is 0.189. The molecule has 1 heterocycles. The van der Waals surface area contributed by atoms with Gasteiger partial charge in [-0.3, -0.25) is 4.79 Å². The molecule has 0 saturated carbocycles. The predicted octanol–water partition coefficient (Wildman–Crippen LogP) is 5.18. The Labute approximate surface area is 170 Å². The maximum atomic E-state index is 13.1. The number of rotatable bonds is 5. The number of benzene rings is 2. The van der Waals surface area contributed by atoms with Gasteiger partial charge in [-0.05, 0) is 49.2 Å². The molecule has 3 aromatic rings. The molecule has 0 aliphatic carbocycles. The van der Waals surface area contributed by atoms with Crippen LogP contribution in [0.2, 0.25) is 5.02 Å². The molecule has 1 aromatic heterocycles. The molecule has 29 heavy (non-hydrogen) atoms. The van der Waals surface area contributed by atoms with Gasteiger partial charge < -0.3 is 10.1 Å². The fourth-order valence-electron chi connectivity index (χ4n) is 2.56. The minimum atomic E-state index is -4.67. The number of aryl methyl sites for hydroxylation is 2. The van der Waals surface area contributed by atoms with Gasteiger partial charge in [-0.1, -0.05) is 29.8 Å². The fourth-order valence-corrected chi connectivity index (χ4v) is 2.77. The smallest absolute Gasteiger partial charge is 0.435 e. The van der Waals surface area contributed by atoms with Crippen molar-refractivity contribution in [2.24, 2.45) is 0 Å². The predicted molar refractivity (Wildman–Crippen MR) is 104 cm³/mol. The van der Waals surface area contributed by atoms with Gasteiger partial charge in [0.2, 0.25) is 5.88 Å². The molecular formula is C20H17ClF3N3O2. The lowest BCUT2D eigenvalue weighted by Crippen LogP contribution is -2.21. The Bertz CT molecular complexity index is 1050. The Balaban J connectivity index is 1.80. The summed E-state index contributed by atoms with van der Waals surface area (Å²) in [4.78, 5) is 12.2. The molecule has 0 aliphatic rings. The molecule has 0 spiro atoms. The van der Waals surface area contributed by atoms with Crippen molar-refractivity contribution >= 4 is 23.2 Å². The summed E-state index contributed by atoms with van der Waals surface area (Å²) in [5, 5.41) is 6.38. The Morgan fingerprint density at radius 2 is 1.86 bits per heavy atom. The van der Waals surface area contributed by atoms with Gasteiger partial charge in [0.25, 0.3) is 5.91 Å². The number of halogens is 4. The summed E-state index contributed by atoms with van der Waals surface area (Å²) in [6, 6.07) is 12.4. The third-order valence-corrected chi connectivity index (χ3v) is 4.51. The van der Waals surface area contributed by atoms with Gasteiger partial charge in [0.05, 0.1) is 10.7 Å². The number of para-hydroxylation sites is 1. The van der Waals surface area contributed by atoms with Crippen molar-refractivity contribution in [1.82, 2.24) is 9.78 Å². The van der Waals surface area contributed by atoms with E-state index in [1.165, 1.54) is 12.1 Å². The highest BCUT2D eigenvalue weighted by Gasteiger charge is 2.36. The summed E-state index contributed by atoms with van der Waals surface area (Å²) in [6.45, 7) is 3.35. The topological polar surface area (TPSA) is 56.1 Å². The first-order chi connectivity index (χ1) is 13.6. The standard InChI is InChI=1S/C20H17ClF3N3O2/c1-12-7-8-14(9-13(12)2)25-18(28)11-29-19-10-17(20(22,23)24)26-27(19)16-6-4-3-5-15(16)21/h3-10H,11H2,1-2H3,(H,25,28). The molecule has 0 radical (unpaired) electrons. The summed E-state index contributed by atoms with van der Waals surface area (Å²) in [5.41, 5.74) is 1.69. The van der Waals surface area contributed by atoms with Crippen LogP contribution in [0.15, 0.2) is 48.5 Å². The second-order valence-corrected chi connectivity index (χ2v) is 6.77. The van der Waals surface area contributed by atoms with E-state index in [0.717, 1.165) is 21.9 Å². The van der Waals surface area contributed by atoms with Crippen LogP contribution in [0.3, 0.4) is 0 Å². The molecule has 2 aromatic carbocycles. The van der Waals surface area contributed by atoms with Gasteiger partial charge in [-0.15, -0.1) is 0 Å². The van der Waals surface area contributed by atoms with Crippen LogP contribution in [-0.2, 0) is 11.0 Å². The van der Waals surface area contributed by atoms with E-state index in [0.29, 0.717) is 5.69 Å². The lowest BCUT2D eigenvalue weighted by molar-refractivity contribution is -0.141. The van der Waals surface area contributed by atoms with Crippen molar-refractivity contribution < 1.29 is 22.7 Å². The molecule has 5 nitrogen and oxygen atoms in total. The number of nitrogens with one attached hydrogen (secondary N) is 1. The van der Waals surface area contributed by atoms with Gasteiger partial charge in [-0.25, -0.2) is 0 Å². The summed E-state index contributed by atoms with van der Waals surface area (Å²) >= 11 is 6.07. The van der Waals surface area contributed by atoms with Gasteiger partial charge >= 0.3 is 6.18 Å². The quantitative estimate of drug-likeness (QED) is 0.615. The second-order valence-electron chi connectivity index (χ2n) is 6.36.